The Hall–Kier alpha value is -1.28. The van der Waals surface area contributed by atoms with E-state index >= 15 is 0 Å². The van der Waals surface area contributed by atoms with E-state index < -0.39 is 6.10 Å². The number of ketones is 1. The van der Waals surface area contributed by atoms with Crippen LogP contribution in [-0.4, -0.2) is 52.6 Å². The van der Waals surface area contributed by atoms with Crippen LogP contribution in [0.15, 0.2) is 42.5 Å². The number of allylic oxidation sites excluding steroid dienone is 1. The summed E-state index contributed by atoms with van der Waals surface area (Å²) in [6, 6.07) is 10.6. The average molecular weight is 479 g/mol. The number of aliphatic hydroxyl groups excluding tert-OH is 1. The van der Waals surface area contributed by atoms with Crippen LogP contribution >= 0.6 is 34.9 Å². The fourth-order valence-corrected chi connectivity index (χ4v) is 7.04. The molecule has 4 nitrogen and oxygen atoms in total. The smallest absolute Gasteiger partial charge is 0.315 e. The van der Waals surface area contributed by atoms with Crippen molar-refractivity contribution in [3.8, 4) is 0 Å². The topological polar surface area (TPSA) is 63.6 Å². The van der Waals surface area contributed by atoms with Crippen molar-refractivity contribution >= 4 is 56.7 Å². The van der Waals surface area contributed by atoms with Gasteiger partial charge in [0.05, 0.1) is 24.2 Å². The highest BCUT2D eigenvalue weighted by molar-refractivity contribution is 8.01. The molecule has 1 N–H and O–H groups in total. The molecule has 0 spiro atoms. The molecule has 3 atom stereocenters. The molecular weight excluding hydrogens is 448 g/mol. The highest BCUT2D eigenvalue weighted by Gasteiger charge is 2.33. The Morgan fingerprint density at radius 2 is 2.19 bits per heavy atom. The van der Waals surface area contributed by atoms with Gasteiger partial charge in [-0.2, -0.15) is 11.8 Å². The second-order valence-corrected chi connectivity index (χ2v) is 11.2. The van der Waals surface area contributed by atoms with Crippen LogP contribution in [0.25, 0.3) is 10.1 Å². The molecule has 1 heterocycles. The lowest BCUT2D eigenvalue weighted by molar-refractivity contribution is -0.137. The predicted octanol–water partition coefficient (Wildman–Crippen LogP) is 5.13. The van der Waals surface area contributed by atoms with Gasteiger partial charge in [-0.3, -0.25) is 9.59 Å². The molecule has 0 radical (unpaired) electrons. The summed E-state index contributed by atoms with van der Waals surface area (Å²) in [4.78, 5) is 24.7. The van der Waals surface area contributed by atoms with Gasteiger partial charge in [-0.25, -0.2) is 0 Å². The van der Waals surface area contributed by atoms with Crippen molar-refractivity contribution in [1.82, 2.24) is 0 Å². The number of aliphatic hydroxyl groups is 1. The van der Waals surface area contributed by atoms with E-state index in [9.17, 15) is 14.7 Å². The Morgan fingerprint density at radius 3 is 3.00 bits per heavy atom. The first-order valence-electron chi connectivity index (χ1n) is 10.7. The molecule has 1 saturated carbocycles. The second-order valence-electron chi connectivity index (χ2n) is 7.68. The van der Waals surface area contributed by atoms with Gasteiger partial charge in [-0.05, 0) is 60.6 Å². The maximum atomic E-state index is 12.3. The highest BCUT2D eigenvalue weighted by atomic mass is 32.2. The second kappa shape index (κ2) is 12.7. The number of hydrogen-bond acceptors (Lipinski definition) is 7. The minimum absolute atomic E-state index is 0.00310. The summed E-state index contributed by atoms with van der Waals surface area (Å²) in [5, 5.41) is 11.7. The lowest BCUT2D eigenvalue weighted by Gasteiger charge is -2.15. The number of aryl methyl sites for hydroxylation is 1. The Bertz CT molecular complexity index is 859. The van der Waals surface area contributed by atoms with Crippen LogP contribution in [0.5, 0.6) is 0 Å². The minimum atomic E-state index is -0.485. The van der Waals surface area contributed by atoms with Gasteiger partial charge in [0, 0.05) is 16.0 Å². The van der Waals surface area contributed by atoms with Gasteiger partial charge in [0.25, 0.3) is 0 Å². The Labute approximate surface area is 196 Å². The van der Waals surface area contributed by atoms with E-state index in [0.717, 1.165) is 30.8 Å². The number of methoxy groups -OCH3 is 1. The van der Waals surface area contributed by atoms with Crippen LogP contribution in [0.2, 0.25) is 0 Å². The molecule has 168 valence electrons. The SMILES string of the molecule is COC(=O)CSCCCS[C@H]1C(=O)CC[C@H]1C=CC(O)CCc1cc2ccccc2s1. The summed E-state index contributed by atoms with van der Waals surface area (Å²) < 4.78 is 5.92. The maximum Gasteiger partial charge on any atom is 0.315 e. The van der Waals surface area contributed by atoms with E-state index in [-0.39, 0.29) is 17.1 Å². The van der Waals surface area contributed by atoms with E-state index in [1.54, 1.807) is 34.9 Å². The third-order valence-electron chi connectivity index (χ3n) is 5.35. The summed E-state index contributed by atoms with van der Waals surface area (Å²) >= 11 is 5.08. The van der Waals surface area contributed by atoms with Gasteiger partial charge in [0.2, 0.25) is 0 Å². The van der Waals surface area contributed by atoms with Crippen molar-refractivity contribution in [2.75, 3.05) is 24.4 Å². The molecule has 2 aromatic rings. The molecule has 1 fully saturated rings. The molecule has 0 aliphatic heterocycles. The van der Waals surface area contributed by atoms with Gasteiger partial charge in [0.1, 0.15) is 5.78 Å². The molecule has 1 aliphatic rings. The van der Waals surface area contributed by atoms with Crippen LogP contribution in [0.4, 0.5) is 0 Å². The van der Waals surface area contributed by atoms with Crippen molar-refractivity contribution in [2.24, 2.45) is 5.92 Å². The fraction of sp³-hybridized carbons (Fsp3) is 0.500. The fourth-order valence-electron chi connectivity index (χ4n) is 3.66. The quantitative estimate of drug-likeness (QED) is 0.259. The third kappa shape index (κ3) is 7.67. The van der Waals surface area contributed by atoms with Crippen LogP contribution in [0.3, 0.4) is 0 Å². The Balaban J connectivity index is 1.39. The van der Waals surface area contributed by atoms with Crippen LogP contribution in [0.1, 0.15) is 30.6 Å². The first-order chi connectivity index (χ1) is 15.1. The predicted molar refractivity (Wildman–Crippen MR) is 133 cm³/mol. The zero-order chi connectivity index (χ0) is 22.1. The van der Waals surface area contributed by atoms with Crippen LogP contribution in [-0.2, 0) is 20.7 Å². The number of thiophene rings is 1. The van der Waals surface area contributed by atoms with E-state index in [4.69, 9.17) is 0 Å². The summed E-state index contributed by atoms with van der Waals surface area (Å²) in [5.74, 6) is 2.51. The number of thioether (sulfide) groups is 2. The van der Waals surface area contributed by atoms with Gasteiger partial charge >= 0.3 is 5.97 Å². The molecule has 1 aliphatic carbocycles. The van der Waals surface area contributed by atoms with Gasteiger partial charge in [-0.15, -0.1) is 23.1 Å². The Morgan fingerprint density at radius 1 is 1.35 bits per heavy atom. The van der Waals surface area contributed by atoms with Crippen LogP contribution < -0.4 is 0 Å². The molecule has 31 heavy (non-hydrogen) atoms. The molecule has 0 bridgehead atoms. The van der Waals surface area contributed by atoms with E-state index in [2.05, 4.69) is 41.1 Å². The van der Waals surface area contributed by atoms with E-state index in [1.165, 1.54) is 22.1 Å². The number of esters is 1. The summed E-state index contributed by atoms with van der Waals surface area (Å²) in [5.41, 5.74) is 0. The van der Waals surface area contributed by atoms with E-state index in [1.807, 2.05) is 6.08 Å². The van der Waals surface area contributed by atoms with Crippen molar-refractivity contribution in [1.29, 1.82) is 0 Å². The lowest BCUT2D eigenvalue weighted by Crippen LogP contribution is -2.17. The number of carbonyl (C=O) groups excluding carboxylic acids is 2. The maximum absolute atomic E-state index is 12.3. The molecule has 7 heteroatoms. The zero-order valence-corrected chi connectivity index (χ0v) is 20.3. The lowest BCUT2D eigenvalue weighted by atomic mass is 10.0. The number of carbonyl (C=O) groups is 2. The molecule has 0 amide bonds. The number of ether oxygens (including phenoxy) is 1. The standard InChI is InChI=1S/C24H30O4S3/c1-28-23(27)16-29-13-4-14-30-24-17(8-12-21(24)26)7-9-19(25)10-11-20-15-18-5-2-3-6-22(18)31-20/h2-3,5-7,9,15,17,19,24-25H,4,8,10-14,16H2,1H3/t17-,19?,24-/m1/s1. The molecule has 1 unspecified atom stereocenters. The summed E-state index contributed by atoms with van der Waals surface area (Å²) in [7, 11) is 1.40. The van der Waals surface area contributed by atoms with Gasteiger partial charge < -0.3 is 9.84 Å². The number of fused-ring (bicyclic) bond motifs is 1. The van der Waals surface area contributed by atoms with Crippen molar-refractivity contribution in [3.05, 3.63) is 47.4 Å². The molecule has 1 aromatic heterocycles. The number of Topliss-reactive ketones (excluding diaryl/α,β-unsaturated/α-hetero) is 1. The normalized spacial score (nSPS) is 20.0. The number of benzene rings is 1. The average Bonchev–Trinajstić information content (AvgIpc) is 3.35. The highest BCUT2D eigenvalue weighted by Crippen LogP contribution is 2.34. The number of rotatable bonds is 12. The summed E-state index contributed by atoms with van der Waals surface area (Å²) in [6.07, 6.45) is 7.47. The monoisotopic (exact) mass is 478 g/mol. The first kappa shape index (κ1) is 24.4. The minimum Gasteiger partial charge on any atom is -0.468 e. The number of hydrogen-bond donors (Lipinski definition) is 1. The largest absolute Gasteiger partial charge is 0.468 e. The zero-order valence-electron chi connectivity index (χ0n) is 17.8. The molecule has 3 rings (SSSR count). The van der Waals surface area contributed by atoms with Gasteiger partial charge in [0.15, 0.2) is 0 Å². The molecular formula is C24H30O4S3. The van der Waals surface area contributed by atoms with Crippen molar-refractivity contribution in [3.63, 3.8) is 0 Å². The van der Waals surface area contributed by atoms with Crippen molar-refractivity contribution in [2.45, 2.75) is 43.5 Å². The molecule has 1 aromatic carbocycles. The third-order valence-corrected chi connectivity index (χ3v) is 9.04. The Kier molecular flexibility index (Phi) is 9.96. The van der Waals surface area contributed by atoms with Crippen molar-refractivity contribution < 1.29 is 19.4 Å². The van der Waals surface area contributed by atoms with Gasteiger partial charge in [-0.1, -0.05) is 30.4 Å². The summed E-state index contributed by atoms with van der Waals surface area (Å²) in [6.45, 7) is 0. The first-order valence-corrected chi connectivity index (χ1v) is 13.7. The van der Waals surface area contributed by atoms with Crippen LogP contribution in [0, 0.1) is 5.92 Å². The molecule has 0 saturated heterocycles. The van der Waals surface area contributed by atoms with E-state index in [0.29, 0.717) is 24.4 Å².